The van der Waals surface area contributed by atoms with E-state index >= 15 is 0 Å². The number of aromatic nitrogens is 4. The number of carbonyl (C=O) groups is 1. The predicted octanol–water partition coefficient (Wildman–Crippen LogP) is 1.97. The number of nitrogens with one attached hydrogen (secondary N) is 2. The molecule has 4 rings (SSSR count). The Hall–Kier alpha value is -2.80. The van der Waals surface area contributed by atoms with Gasteiger partial charge in [0.05, 0.1) is 17.4 Å². The van der Waals surface area contributed by atoms with E-state index in [2.05, 4.69) is 25.7 Å². The van der Waals surface area contributed by atoms with Crippen LogP contribution < -0.4 is 10.6 Å². The van der Waals surface area contributed by atoms with E-state index in [1.807, 2.05) is 31.4 Å². The average molecular weight is 336 g/mol. The molecule has 0 saturated carbocycles. The molecule has 0 aliphatic carbocycles. The maximum absolute atomic E-state index is 12.4. The number of rotatable bonds is 3. The monoisotopic (exact) mass is 336 g/mol. The van der Waals surface area contributed by atoms with E-state index in [4.69, 9.17) is 0 Å². The van der Waals surface area contributed by atoms with Gasteiger partial charge in [0.15, 0.2) is 0 Å². The van der Waals surface area contributed by atoms with Crippen molar-refractivity contribution >= 4 is 22.6 Å². The molecule has 3 aromatic rings. The highest BCUT2D eigenvalue weighted by molar-refractivity contribution is 5.93. The molecule has 0 radical (unpaired) electrons. The van der Waals surface area contributed by atoms with Gasteiger partial charge in [0.1, 0.15) is 5.82 Å². The number of anilines is 1. The van der Waals surface area contributed by atoms with E-state index < -0.39 is 0 Å². The fourth-order valence-electron chi connectivity index (χ4n) is 3.11. The van der Waals surface area contributed by atoms with Crippen molar-refractivity contribution in [2.24, 2.45) is 13.0 Å². The Balaban J connectivity index is 1.59. The molecule has 3 aromatic heterocycles. The van der Waals surface area contributed by atoms with Gasteiger partial charge in [-0.1, -0.05) is 0 Å². The van der Waals surface area contributed by atoms with Crippen LogP contribution in [0.2, 0.25) is 0 Å². The first-order chi connectivity index (χ1) is 12.2. The minimum absolute atomic E-state index is 0.0387. The molecule has 128 valence electrons. The summed E-state index contributed by atoms with van der Waals surface area (Å²) in [6.07, 6.45) is 7.18. The Kier molecular flexibility index (Phi) is 4.15. The van der Waals surface area contributed by atoms with E-state index in [-0.39, 0.29) is 11.8 Å². The number of fused-ring (bicyclic) bond motifs is 1. The van der Waals surface area contributed by atoms with Gasteiger partial charge >= 0.3 is 0 Å². The van der Waals surface area contributed by atoms with Gasteiger partial charge in [0, 0.05) is 42.4 Å². The molecular weight excluding hydrogens is 316 g/mol. The van der Waals surface area contributed by atoms with Crippen LogP contribution in [0.25, 0.3) is 22.2 Å². The molecule has 2 N–H and O–H groups in total. The SMILES string of the molecule is Cn1cc(-c2ccc3cnc(NC(=O)C4CCNCC4)cc3n2)cn1. The Morgan fingerprint density at radius 3 is 2.88 bits per heavy atom. The molecule has 1 amide bonds. The van der Waals surface area contributed by atoms with Crippen LogP contribution in [0.5, 0.6) is 0 Å². The van der Waals surface area contributed by atoms with Crippen molar-refractivity contribution < 1.29 is 4.79 Å². The summed E-state index contributed by atoms with van der Waals surface area (Å²) in [7, 11) is 1.88. The molecular formula is C18H20N6O. The van der Waals surface area contributed by atoms with E-state index in [9.17, 15) is 4.79 Å². The summed E-state index contributed by atoms with van der Waals surface area (Å²) in [5.41, 5.74) is 2.61. The predicted molar refractivity (Wildman–Crippen MR) is 96.0 cm³/mol. The summed E-state index contributed by atoms with van der Waals surface area (Å²) in [4.78, 5) is 21.4. The Morgan fingerprint density at radius 2 is 2.12 bits per heavy atom. The van der Waals surface area contributed by atoms with Crippen molar-refractivity contribution in [2.75, 3.05) is 18.4 Å². The smallest absolute Gasteiger partial charge is 0.228 e. The molecule has 0 atom stereocenters. The Labute approximate surface area is 145 Å². The first kappa shape index (κ1) is 15.7. The van der Waals surface area contributed by atoms with Crippen molar-refractivity contribution in [1.82, 2.24) is 25.1 Å². The number of pyridine rings is 2. The highest BCUT2D eigenvalue weighted by Crippen LogP contribution is 2.22. The minimum Gasteiger partial charge on any atom is -0.317 e. The number of hydrogen-bond acceptors (Lipinski definition) is 5. The molecule has 25 heavy (non-hydrogen) atoms. The van der Waals surface area contributed by atoms with Crippen molar-refractivity contribution in [3.63, 3.8) is 0 Å². The molecule has 1 aliphatic rings. The zero-order valence-corrected chi connectivity index (χ0v) is 14.1. The maximum atomic E-state index is 12.4. The molecule has 1 aliphatic heterocycles. The summed E-state index contributed by atoms with van der Waals surface area (Å²) in [5.74, 6) is 0.636. The summed E-state index contributed by atoms with van der Waals surface area (Å²) < 4.78 is 1.75. The van der Waals surface area contributed by atoms with Gasteiger partial charge in [0.2, 0.25) is 5.91 Å². The van der Waals surface area contributed by atoms with Crippen LogP contribution in [-0.4, -0.2) is 38.7 Å². The molecule has 7 heteroatoms. The lowest BCUT2D eigenvalue weighted by Crippen LogP contribution is -2.34. The number of piperidine rings is 1. The number of carbonyl (C=O) groups excluding carboxylic acids is 1. The van der Waals surface area contributed by atoms with Crippen LogP contribution in [0.4, 0.5) is 5.82 Å². The summed E-state index contributed by atoms with van der Waals surface area (Å²) in [6.45, 7) is 1.78. The van der Waals surface area contributed by atoms with E-state index in [1.54, 1.807) is 17.1 Å². The molecule has 0 bridgehead atoms. The normalized spacial score (nSPS) is 15.4. The maximum Gasteiger partial charge on any atom is 0.228 e. The van der Waals surface area contributed by atoms with Crippen molar-refractivity contribution in [3.05, 3.63) is 36.8 Å². The summed E-state index contributed by atoms with van der Waals surface area (Å²) >= 11 is 0. The van der Waals surface area contributed by atoms with Crippen LogP contribution in [0, 0.1) is 5.92 Å². The van der Waals surface area contributed by atoms with Gasteiger partial charge in [-0.3, -0.25) is 9.48 Å². The molecule has 4 heterocycles. The Morgan fingerprint density at radius 1 is 1.28 bits per heavy atom. The lowest BCUT2D eigenvalue weighted by Gasteiger charge is -2.21. The standard InChI is InChI=1S/C18H20N6O/c1-24-11-14(10-21-24)15-3-2-13-9-20-17(8-16(13)22-15)23-18(25)12-4-6-19-7-5-12/h2-3,8-12,19H,4-7H2,1H3,(H,20,23,25). The van der Waals surface area contributed by atoms with E-state index in [0.29, 0.717) is 5.82 Å². The fraction of sp³-hybridized carbons (Fsp3) is 0.333. The van der Waals surface area contributed by atoms with Gasteiger partial charge in [-0.05, 0) is 38.1 Å². The second kappa shape index (κ2) is 6.60. The van der Waals surface area contributed by atoms with Crippen LogP contribution in [0.1, 0.15) is 12.8 Å². The highest BCUT2D eigenvalue weighted by atomic mass is 16.1. The van der Waals surface area contributed by atoms with Gasteiger partial charge in [0.25, 0.3) is 0 Å². The van der Waals surface area contributed by atoms with Crippen LogP contribution in [0.3, 0.4) is 0 Å². The van der Waals surface area contributed by atoms with Crippen LogP contribution >= 0.6 is 0 Å². The molecule has 0 spiro atoms. The quantitative estimate of drug-likeness (QED) is 0.764. The van der Waals surface area contributed by atoms with Crippen molar-refractivity contribution in [2.45, 2.75) is 12.8 Å². The van der Waals surface area contributed by atoms with E-state index in [0.717, 1.165) is 48.1 Å². The van der Waals surface area contributed by atoms with Gasteiger partial charge in [-0.2, -0.15) is 5.10 Å². The zero-order valence-electron chi connectivity index (χ0n) is 14.1. The fourth-order valence-corrected chi connectivity index (χ4v) is 3.11. The molecule has 1 fully saturated rings. The van der Waals surface area contributed by atoms with Gasteiger partial charge in [-0.15, -0.1) is 0 Å². The second-order valence-corrected chi connectivity index (χ2v) is 6.37. The second-order valence-electron chi connectivity index (χ2n) is 6.37. The number of aryl methyl sites for hydroxylation is 1. The number of nitrogens with zero attached hydrogens (tertiary/aromatic N) is 4. The number of amides is 1. The zero-order chi connectivity index (χ0) is 17.2. The molecule has 0 aromatic carbocycles. The van der Waals surface area contributed by atoms with Crippen molar-refractivity contribution in [3.8, 4) is 11.3 Å². The van der Waals surface area contributed by atoms with Crippen LogP contribution in [-0.2, 0) is 11.8 Å². The Bertz CT molecular complexity index is 913. The summed E-state index contributed by atoms with van der Waals surface area (Å²) in [6, 6.07) is 5.76. The highest BCUT2D eigenvalue weighted by Gasteiger charge is 2.21. The topological polar surface area (TPSA) is 84.7 Å². The van der Waals surface area contributed by atoms with Crippen molar-refractivity contribution in [1.29, 1.82) is 0 Å². The third-order valence-corrected chi connectivity index (χ3v) is 4.54. The first-order valence-electron chi connectivity index (χ1n) is 8.46. The first-order valence-corrected chi connectivity index (χ1v) is 8.46. The summed E-state index contributed by atoms with van der Waals surface area (Å²) in [5, 5.41) is 11.3. The van der Waals surface area contributed by atoms with Crippen LogP contribution in [0.15, 0.2) is 36.8 Å². The third-order valence-electron chi connectivity index (χ3n) is 4.54. The third kappa shape index (κ3) is 3.36. The largest absolute Gasteiger partial charge is 0.317 e. The van der Waals surface area contributed by atoms with Gasteiger partial charge in [-0.25, -0.2) is 9.97 Å². The lowest BCUT2D eigenvalue weighted by atomic mass is 9.97. The minimum atomic E-state index is 0.0387. The number of hydrogen-bond donors (Lipinski definition) is 2. The average Bonchev–Trinajstić information content (AvgIpc) is 3.08. The molecule has 0 unspecified atom stereocenters. The molecule has 1 saturated heterocycles. The van der Waals surface area contributed by atoms with Gasteiger partial charge < -0.3 is 10.6 Å². The lowest BCUT2D eigenvalue weighted by molar-refractivity contribution is -0.120. The molecule has 7 nitrogen and oxygen atoms in total. The van der Waals surface area contributed by atoms with E-state index in [1.165, 1.54) is 0 Å².